The molecule has 0 bridgehead atoms. The lowest BCUT2D eigenvalue weighted by molar-refractivity contribution is 0.102. The van der Waals surface area contributed by atoms with Crippen LogP contribution in [0.4, 0.5) is 0 Å². The van der Waals surface area contributed by atoms with Gasteiger partial charge in [0.05, 0.1) is 5.75 Å². The summed E-state index contributed by atoms with van der Waals surface area (Å²) in [5.74, 6) is 0.392. The van der Waals surface area contributed by atoms with Crippen LogP contribution >= 0.6 is 23.4 Å². The van der Waals surface area contributed by atoms with Gasteiger partial charge in [-0.3, -0.25) is 4.79 Å². The number of hydrogen-bond donors (Lipinski definition) is 0. The number of halogens is 1. The third-order valence-electron chi connectivity index (χ3n) is 2.17. The molecule has 0 saturated heterocycles. The van der Waals surface area contributed by atoms with Crippen molar-refractivity contribution < 1.29 is 4.79 Å². The van der Waals surface area contributed by atoms with Gasteiger partial charge in [0.2, 0.25) is 0 Å². The largest absolute Gasteiger partial charge is 0.293 e. The Morgan fingerprint density at radius 3 is 2.71 bits per heavy atom. The highest BCUT2D eigenvalue weighted by molar-refractivity contribution is 7.99. The lowest BCUT2D eigenvalue weighted by atomic mass is 10.1. The number of carbonyl (C=O) groups is 1. The maximum atomic E-state index is 11.8. The second kappa shape index (κ2) is 5.33. The lowest BCUT2D eigenvalue weighted by Crippen LogP contribution is -2.03. The van der Waals surface area contributed by atoms with Crippen LogP contribution in [0.1, 0.15) is 10.4 Å². The Labute approximate surface area is 108 Å². The van der Waals surface area contributed by atoms with Gasteiger partial charge in [0.1, 0.15) is 6.33 Å². The zero-order valence-electron chi connectivity index (χ0n) is 9.13. The van der Waals surface area contributed by atoms with Crippen LogP contribution in [-0.4, -0.2) is 26.3 Å². The van der Waals surface area contributed by atoms with Crippen LogP contribution in [0.25, 0.3) is 0 Å². The van der Waals surface area contributed by atoms with Crippen molar-refractivity contribution in [3.63, 3.8) is 0 Å². The Bertz CT molecular complexity index is 524. The van der Waals surface area contributed by atoms with Crippen molar-refractivity contribution >= 4 is 29.1 Å². The molecule has 6 heteroatoms. The van der Waals surface area contributed by atoms with E-state index in [1.54, 1.807) is 36.0 Å². The third-order valence-corrected chi connectivity index (χ3v) is 3.45. The summed E-state index contributed by atoms with van der Waals surface area (Å²) in [4.78, 5) is 15.9. The number of Topliss-reactive ketones (excluding diaryl/α,β-unsaturated/α-hetero) is 1. The Morgan fingerprint density at radius 2 is 2.12 bits per heavy atom. The molecule has 17 heavy (non-hydrogen) atoms. The summed E-state index contributed by atoms with van der Waals surface area (Å²) in [5, 5.41) is 5.29. The molecule has 1 aromatic heterocycles. The molecule has 88 valence electrons. The average Bonchev–Trinajstić information content (AvgIpc) is 2.73. The monoisotopic (exact) mass is 267 g/mol. The second-order valence-corrected chi connectivity index (χ2v) is 4.76. The first-order valence-corrected chi connectivity index (χ1v) is 6.29. The van der Waals surface area contributed by atoms with Crippen LogP contribution < -0.4 is 0 Å². The molecule has 0 unspecified atom stereocenters. The first-order valence-electron chi connectivity index (χ1n) is 4.92. The summed E-state index contributed by atoms with van der Waals surface area (Å²) in [6, 6.07) is 6.87. The van der Waals surface area contributed by atoms with Crippen molar-refractivity contribution in [2.24, 2.45) is 7.05 Å². The van der Waals surface area contributed by atoms with Crippen molar-refractivity contribution in [3.8, 4) is 0 Å². The minimum atomic E-state index is 0.0506. The zero-order chi connectivity index (χ0) is 12.3. The smallest absolute Gasteiger partial charge is 0.186 e. The van der Waals surface area contributed by atoms with Crippen LogP contribution in [0.2, 0.25) is 5.02 Å². The number of ketones is 1. The van der Waals surface area contributed by atoms with E-state index in [-0.39, 0.29) is 5.78 Å². The summed E-state index contributed by atoms with van der Waals surface area (Å²) in [5.41, 5.74) is 0.657. The molecule has 0 amide bonds. The summed E-state index contributed by atoms with van der Waals surface area (Å²) in [7, 11) is 1.79. The molecule has 0 aliphatic carbocycles. The van der Waals surface area contributed by atoms with E-state index in [0.717, 1.165) is 5.16 Å². The van der Waals surface area contributed by atoms with Crippen molar-refractivity contribution in [1.82, 2.24) is 14.8 Å². The Hall–Kier alpha value is -1.33. The van der Waals surface area contributed by atoms with Gasteiger partial charge in [-0.25, -0.2) is 9.67 Å². The van der Waals surface area contributed by atoms with Gasteiger partial charge in [-0.1, -0.05) is 23.4 Å². The first-order chi connectivity index (χ1) is 8.16. The Morgan fingerprint density at radius 1 is 1.41 bits per heavy atom. The van der Waals surface area contributed by atoms with Crippen molar-refractivity contribution in [1.29, 1.82) is 0 Å². The number of thioether (sulfide) groups is 1. The summed E-state index contributed by atoms with van der Waals surface area (Å²) in [6.07, 6.45) is 1.47. The fourth-order valence-corrected chi connectivity index (χ4v) is 2.17. The van der Waals surface area contributed by atoms with Crippen LogP contribution in [0.15, 0.2) is 35.7 Å². The van der Waals surface area contributed by atoms with Crippen LogP contribution in [0.5, 0.6) is 0 Å². The van der Waals surface area contributed by atoms with Crippen LogP contribution in [0.3, 0.4) is 0 Å². The van der Waals surface area contributed by atoms with Crippen LogP contribution in [0, 0.1) is 0 Å². The molecule has 0 spiro atoms. The van der Waals surface area contributed by atoms with Crippen molar-refractivity contribution in [2.75, 3.05) is 5.75 Å². The maximum Gasteiger partial charge on any atom is 0.186 e. The number of hydrogen-bond acceptors (Lipinski definition) is 4. The minimum absolute atomic E-state index is 0.0506. The molecule has 1 heterocycles. The van der Waals surface area contributed by atoms with Crippen LogP contribution in [-0.2, 0) is 7.05 Å². The molecule has 0 aliphatic rings. The van der Waals surface area contributed by atoms with Gasteiger partial charge in [-0.15, -0.1) is 0 Å². The summed E-state index contributed by atoms with van der Waals surface area (Å²) in [6.45, 7) is 0. The highest BCUT2D eigenvalue weighted by atomic mass is 35.5. The number of rotatable bonds is 4. The molecule has 1 aromatic carbocycles. The number of carbonyl (C=O) groups excluding carboxylic acids is 1. The van der Waals surface area contributed by atoms with E-state index >= 15 is 0 Å². The number of nitrogens with zero attached hydrogens (tertiary/aromatic N) is 3. The Kier molecular flexibility index (Phi) is 3.81. The van der Waals surface area contributed by atoms with Gasteiger partial charge in [0.25, 0.3) is 0 Å². The van der Waals surface area contributed by atoms with E-state index in [1.165, 1.54) is 18.1 Å². The zero-order valence-corrected chi connectivity index (χ0v) is 10.7. The Balaban J connectivity index is 1.98. The summed E-state index contributed by atoms with van der Waals surface area (Å²) >= 11 is 7.12. The molecular weight excluding hydrogens is 258 g/mol. The van der Waals surface area contributed by atoms with E-state index in [4.69, 9.17) is 11.6 Å². The fraction of sp³-hybridized carbons (Fsp3) is 0.182. The van der Waals surface area contributed by atoms with E-state index < -0.39 is 0 Å². The predicted octanol–water partition coefficient (Wildman–Crippen LogP) is 2.44. The molecule has 4 nitrogen and oxygen atoms in total. The molecule has 0 fully saturated rings. The SMILES string of the molecule is Cn1ncnc1SCC(=O)c1ccc(Cl)cc1. The van der Waals surface area contributed by atoms with Crippen molar-refractivity contribution in [2.45, 2.75) is 5.16 Å². The first kappa shape index (κ1) is 12.1. The standard InChI is InChI=1S/C11H10ClN3OS/c1-15-11(13-7-14-15)17-6-10(16)8-2-4-9(12)5-3-8/h2-5,7H,6H2,1H3. The maximum absolute atomic E-state index is 11.8. The molecule has 2 rings (SSSR count). The summed E-state index contributed by atoms with van der Waals surface area (Å²) < 4.78 is 1.64. The quantitative estimate of drug-likeness (QED) is 0.631. The highest BCUT2D eigenvalue weighted by Gasteiger charge is 2.08. The third kappa shape index (κ3) is 3.08. The van der Waals surface area contributed by atoms with Gasteiger partial charge in [-0.05, 0) is 24.3 Å². The molecule has 0 aliphatic heterocycles. The average molecular weight is 268 g/mol. The predicted molar refractivity (Wildman–Crippen MR) is 67.5 cm³/mol. The molecular formula is C11H10ClN3OS. The molecule has 2 aromatic rings. The number of benzene rings is 1. The minimum Gasteiger partial charge on any atom is -0.293 e. The molecule has 0 radical (unpaired) electrons. The second-order valence-electron chi connectivity index (χ2n) is 3.38. The van der Waals surface area contributed by atoms with Gasteiger partial charge in [0.15, 0.2) is 10.9 Å². The van der Waals surface area contributed by atoms with Gasteiger partial charge in [0, 0.05) is 17.6 Å². The van der Waals surface area contributed by atoms with E-state index in [2.05, 4.69) is 10.1 Å². The van der Waals surface area contributed by atoms with Crippen molar-refractivity contribution in [3.05, 3.63) is 41.2 Å². The van der Waals surface area contributed by atoms with E-state index in [0.29, 0.717) is 16.3 Å². The van der Waals surface area contributed by atoms with Gasteiger partial charge < -0.3 is 0 Å². The lowest BCUT2D eigenvalue weighted by Gasteiger charge is -2.01. The highest BCUT2D eigenvalue weighted by Crippen LogP contribution is 2.16. The fourth-order valence-electron chi connectivity index (χ4n) is 1.27. The molecule has 0 saturated carbocycles. The van der Waals surface area contributed by atoms with E-state index in [9.17, 15) is 4.79 Å². The van der Waals surface area contributed by atoms with Gasteiger partial charge >= 0.3 is 0 Å². The number of aryl methyl sites for hydroxylation is 1. The normalized spacial score (nSPS) is 10.5. The van der Waals surface area contributed by atoms with E-state index in [1.807, 2.05) is 0 Å². The van der Waals surface area contributed by atoms with Gasteiger partial charge in [-0.2, -0.15) is 5.10 Å². The number of aromatic nitrogens is 3. The molecule has 0 atom stereocenters. The molecule has 0 N–H and O–H groups in total. The topological polar surface area (TPSA) is 47.8 Å².